The third kappa shape index (κ3) is 3.81. The molecular weight excluding hydrogens is 330 g/mol. The molecule has 1 aromatic rings. The number of rotatable bonds is 3. The average Bonchev–Trinajstić information content (AvgIpc) is 2.90. The van der Waals surface area contributed by atoms with Crippen molar-refractivity contribution in [2.75, 3.05) is 35.1 Å². The summed E-state index contributed by atoms with van der Waals surface area (Å²) in [5, 5.41) is 5.77. The quantitative estimate of drug-likeness (QED) is 0.868. The molecule has 2 amide bonds. The van der Waals surface area contributed by atoms with Gasteiger partial charge in [-0.15, -0.1) is 0 Å². The fourth-order valence-electron chi connectivity index (χ4n) is 3.02. The van der Waals surface area contributed by atoms with E-state index in [2.05, 4.69) is 10.6 Å². The number of nitrogens with zero attached hydrogens (tertiary/aromatic N) is 1. The average molecular weight is 353 g/mol. The van der Waals surface area contributed by atoms with Gasteiger partial charge in [0.15, 0.2) is 0 Å². The molecule has 132 valence electrons. The van der Waals surface area contributed by atoms with Crippen LogP contribution in [0.2, 0.25) is 0 Å². The lowest BCUT2D eigenvalue weighted by atomic mass is 10.1. The Morgan fingerprint density at radius 2 is 2.04 bits per heavy atom. The first-order valence-electron chi connectivity index (χ1n) is 8.22. The minimum Gasteiger partial charge on any atom is -0.381 e. The highest BCUT2D eigenvalue weighted by Gasteiger charge is 2.28. The van der Waals surface area contributed by atoms with Crippen LogP contribution in [0.4, 0.5) is 16.2 Å². The standard InChI is InChI=1S/C16H23N3O4S/c1-12-3-4-14(19-7-2-10-24(19,21)22)11-15(12)18-16(20)17-13-5-8-23-9-6-13/h3-4,11,13H,2,5-10H2,1H3,(H2,17,18,20). The van der Waals surface area contributed by atoms with Crippen LogP contribution in [-0.4, -0.2) is 46.0 Å². The van der Waals surface area contributed by atoms with Crippen molar-refractivity contribution in [3.05, 3.63) is 23.8 Å². The second kappa shape index (κ2) is 6.98. The second-order valence-corrected chi connectivity index (χ2v) is 8.24. The molecule has 0 aromatic heterocycles. The summed E-state index contributed by atoms with van der Waals surface area (Å²) in [5.41, 5.74) is 2.11. The fourth-order valence-corrected chi connectivity index (χ4v) is 4.57. The number of aryl methyl sites for hydroxylation is 1. The lowest BCUT2D eigenvalue weighted by molar-refractivity contribution is 0.0806. The summed E-state index contributed by atoms with van der Waals surface area (Å²) in [5.74, 6) is 0.174. The summed E-state index contributed by atoms with van der Waals surface area (Å²) < 4.78 is 30.8. The highest BCUT2D eigenvalue weighted by atomic mass is 32.2. The van der Waals surface area contributed by atoms with E-state index in [1.54, 1.807) is 12.1 Å². The van der Waals surface area contributed by atoms with Gasteiger partial charge in [0.1, 0.15) is 0 Å². The minimum atomic E-state index is -3.23. The number of benzene rings is 1. The van der Waals surface area contributed by atoms with E-state index >= 15 is 0 Å². The van der Waals surface area contributed by atoms with Crippen LogP contribution < -0.4 is 14.9 Å². The van der Waals surface area contributed by atoms with Gasteiger partial charge in [0.25, 0.3) is 0 Å². The summed E-state index contributed by atoms with van der Waals surface area (Å²) >= 11 is 0. The van der Waals surface area contributed by atoms with E-state index in [9.17, 15) is 13.2 Å². The largest absolute Gasteiger partial charge is 0.381 e. The Bertz CT molecular complexity index is 714. The molecule has 7 nitrogen and oxygen atoms in total. The van der Waals surface area contributed by atoms with E-state index in [0.29, 0.717) is 37.6 Å². The Labute approximate surface area is 142 Å². The molecular formula is C16H23N3O4S. The second-order valence-electron chi connectivity index (χ2n) is 6.23. The van der Waals surface area contributed by atoms with Gasteiger partial charge in [-0.25, -0.2) is 13.2 Å². The first-order valence-corrected chi connectivity index (χ1v) is 9.83. The van der Waals surface area contributed by atoms with Gasteiger partial charge in [-0.05, 0) is 43.9 Å². The monoisotopic (exact) mass is 353 g/mol. The molecule has 0 unspecified atom stereocenters. The molecule has 3 rings (SSSR count). The first-order chi connectivity index (χ1) is 11.5. The Morgan fingerprint density at radius 1 is 1.29 bits per heavy atom. The Kier molecular flexibility index (Phi) is 4.96. The molecule has 0 radical (unpaired) electrons. The Hall–Kier alpha value is -1.80. The predicted molar refractivity (Wildman–Crippen MR) is 92.9 cm³/mol. The molecule has 0 aliphatic carbocycles. The molecule has 0 spiro atoms. The number of amides is 2. The lowest BCUT2D eigenvalue weighted by Gasteiger charge is -2.24. The van der Waals surface area contributed by atoms with Crippen molar-refractivity contribution in [3.8, 4) is 0 Å². The molecule has 2 saturated heterocycles. The van der Waals surface area contributed by atoms with Crippen LogP contribution in [0.25, 0.3) is 0 Å². The number of sulfonamides is 1. The van der Waals surface area contributed by atoms with Crippen molar-refractivity contribution < 1.29 is 17.9 Å². The van der Waals surface area contributed by atoms with E-state index in [4.69, 9.17) is 4.74 Å². The molecule has 8 heteroatoms. The normalized spacial score (nSPS) is 20.8. The van der Waals surface area contributed by atoms with Crippen LogP contribution in [0, 0.1) is 6.92 Å². The molecule has 0 atom stereocenters. The number of carbonyl (C=O) groups is 1. The van der Waals surface area contributed by atoms with E-state index in [1.807, 2.05) is 13.0 Å². The van der Waals surface area contributed by atoms with Gasteiger partial charge in [-0.1, -0.05) is 6.07 Å². The fraction of sp³-hybridized carbons (Fsp3) is 0.562. The number of nitrogens with one attached hydrogen (secondary N) is 2. The summed E-state index contributed by atoms with van der Waals surface area (Å²) in [6, 6.07) is 5.17. The summed E-state index contributed by atoms with van der Waals surface area (Å²) in [7, 11) is -3.23. The minimum absolute atomic E-state index is 0.112. The highest BCUT2D eigenvalue weighted by molar-refractivity contribution is 7.93. The van der Waals surface area contributed by atoms with Crippen molar-refractivity contribution in [2.45, 2.75) is 32.2 Å². The molecule has 1 aromatic carbocycles. The zero-order valence-corrected chi connectivity index (χ0v) is 14.6. The Morgan fingerprint density at radius 3 is 2.71 bits per heavy atom. The van der Waals surface area contributed by atoms with Gasteiger partial charge in [-0.3, -0.25) is 4.31 Å². The maximum atomic E-state index is 12.2. The zero-order chi connectivity index (χ0) is 17.2. The van der Waals surface area contributed by atoms with Crippen LogP contribution in [0.3, 0.4) is 0 Å². The maximum absolute atomic E-state index is 12.2. The van der Waals surface area contributed by atoms with Crippen molar-refractivity contribution in [1.29, 1.82) is 0 Å². The van der Waals surface area contributed by atoms with Crippen LogP contribution in [0.1, 0.15) is 24.8 Å². The third-order valence-corrected chi connectivity index (χ3v) is 6.28. The van der Waals surface area contributed by atoms with Gasteiger partial charge in [-0.2, -0.15) is 0 Å². The van der Waals surface area contributed by atoms with Gasteiger partial charge in [0.05, 0.1) is 11.4 Å². The van der Waals surface area contributed by atoms with E-state index in [1.165, 1.54) is 4.31 Å². The van der Waals surface area contributed by atoms with Gasteiger partial charge in [0, 0.05) is 31.5 Å². The number of hydrogen-bond donors (Lipinski definition) is 2. The molecule has 2 fully saturated rings. The SMILES string of the molecule is Cc1ccc(N2CCCS2(=O)=O)cc1NC(=O)NC1CCOCC1. The van der Waals surface area contributed by atoms with Crippen LogP contribution in [0.15, 0.2) is 18.2 Å². The lowest BCUT2D eigenvalue weighted by Crippen LogP contribution is -2.41. The van der Waals surface area contributed by atoms with Gasteiger partial charge < -0.3 is 15.4 Å². The summed E-state index contributed by atoms with van der Waals surface area (Å²) in [4.78, 5) is 12.2. The smallest absolute Gasteiger partial charge is 0.319 e. The van der Waals surface area contributed by atoms with Gasteiger partial charge >= 0.3 is 6.03 Å². The van der Waals surface area contributed by atoms with Crippen LogP contribution >= 0.6 is 0 Å². The van der Waals surface area contributed by atoms with Crippen molar-refractivity contribution >= 4 is 27.4 Å². The molecule has 2 heterocycles. The van der Waals surface area contributed by atoms with Gasteiger partial charge in [0.2, 0.25) is 10.0 Å². The number of anilines is 2. The number of hydrogen-bond acceptors (Lipinski definition) is 4. The third-order valence-electron chi connectivity index (χ3n) is 4.41. The number of urea groups is 1. The maximum Gasteiger partial charge on any atom is 0.319 e. The molecule has 24 heavy (non-hydrogen) atoms. The Balaban J connectivity index is 1.71. The highest BCUT2D eigenvalue weighted by Crippen LogP contribution is 2.28. The van der Waals surface area contributed by atoms with Crippen LogP contribution in [0.5, 0.6) is 0 Å². The van der Waals surface area contributed by atoms with Crippen molar-refractivity contribution in [2.24, 2.45) is 0 Å². The molecule has 0 saturated carbocycles. The molecule has 2 aliphatic heterocycles. The number of ether oxygens (including phenoxy) is 1. The summed E-state index contributed by atoms with van der Waals surface area (Å²) in [6.07, 6.45) is 2.24. The first kappa shape index (κ1) is 17.0. The topological polar surface area (TPSA) is 87.7 Å². The molecule has 2 N–H and O–H groups in total. The zero-order valence-electron chi connectivity index (χ0n) is 13.7. The summed E-state index contributed by atoms with van der Waals surface area (Å²) in [6.45, 7) is 3.68. The number of carbonyl (C=O) groups excluding carboxylic acids is 1. The molecule has 0 bridgehead atoms. The van der Waals surface area contributed by atoms with Crippen LogP contribution in [-0.2, 0) is 14.8 Å². The van der Waals surface area contributed by atoms with E-state index in [-0.39, 0.29) is 17.8 Å². The van der Waals surface area contributed by atoms with Crippen molar-refractivity contribution in [3.63, 3.8) is 0 Å². The van der Waals surface area contributed by atoms with Crippen molar-refractivity contribution in [1.82, 2.24) is 5.32 Å². The van der Waals surface area contributed by atoms with E-state index in [0.717, 1.165) is 18.4 Å². The molecule has 2 aliphatic rings. The van der Waals surface area contributed by atoms with E-state index < -0.39 is 10.0 Å². The predicted octanol–water partition coefficient (Wildman–Crippen LogP) is 1.84.